The van der Waals surface area contributed by atoms with E-state index in [1.807, 2.05) is 19.2 Å². The number of hydrogen-bond acceptors (Lipinski definition) is 3. The van der Waals surface area contributed by atoms with Gasteiger partial charge in [0.2, 0.25) is 0 Å². The van der Waals surface area contributed by atoms with Crippen molar-refractivity contribution in [3.05, 3.63) is 21.3 Å². The van der Waals surface area contributed by atoms with Crippen LogP contribution in [-0.2, 0) is 10.8 Å². The highest BCUT2D eigenvalue weighted by atomic mass is 35.5. The quantitative estimate of drug-likeness (QED) is 0.797. The monoisotopic (exact) mass is 291 g/mol. The summed E-state index contributed by atoms with van der Waals surface area (Å²) in [7, 11) is -0.843. The van der Waals surface area contributed by atoms with Crippen LogP contribution in [0.4, 0.5) is 0 Å². The molecule has 2 heterocycles. The first kappa shape index (κ1) is 13.1. The van der Waals surface area contributed by atoms with Gasteiger partial charge in [0.15, 0.2) is 0 Å². The molecule has 1 saturated heterocycles. The van der Waals surface area contributed by atoms with E-state index >= 15 is 0 Å². The zero-order valence-corrected chi connectivity index (χ0v) is 12.1. The molecule has 6 heteroatoms. The summed E-state index contributed by atoms with van der Waals surface area (Å²) in [4.78, 5) is 14.6. The second-order valence-electron chi connectivity index (χ2n) is 4.26. The molecule has 0 bridgehead atoms. The number of carbonyl (C=O) groups is 1. The minimum atomic E-state index is -0.843. The summed E-state index contributed by atoms with van der Waals surface area (Å²) in [5, 5.41) is 2.37. The van der Waals surface area contributed by atoms with E-state index in [0.717, 1.165) is 0 Å². The average molecular weight is 292 g/mol. The maximum absolute atomic E-state index is 12.2. The lowest BCUT2D eigenvalue weighted by molar-refractivity contribution is 0.0756. The molecular formula is C11H14ClNO2S2. The smallest absolute Gasteiger partial charge is 0.265 e. The predicted molar refractivity (Wildman–Crippen MR) is 72.3 cm³/mol. The van der Waals surface area contributed by atoms with Crippen LogP contribution < -0.4 is 0 Å². The van der Waals surface area contributed by atoms with Gasteiger partial charge < -0.3 is 4.90 Å². The lowest BCUT2D eigenvalue weighted by Gasteiger charge is -2.34. The van der Waals surface area contributed by atoms with Crippen LogP contribution in [0.3, 0.4) is 0 Å². The second kappa shape index (κ2) is 5.08. The average Bonchev–Trinajstić information content (AvgIpc) is 2.70. The number of halogens is 1. The van der Waals surface area contributed by atoms with Gasteiger partial charge in [-0.2, -0.15) is 0 Å². The van der Waals surface area contributed by atoms with E-state index < -0.39 is 10.8 Å². The van der Waals surface area contributed by atoms with Crippen LogP contribution >= 0.6 is 22.9 Å². The Morgan fingerprint density at radius 2 is 2.06 bits per heavy atom. The van der Waals surface area contributed by atoms with E-state index in [9.17, 15) is 9.00 Å². The molecule has 2 rings (SSSR count). The van der Waals surface area contributed by atoms with Gasteiger partial charge in [0.1, 0.15) is 4.88 Å². The Balaban J connectivity index is 2.17. The minimum absolute atomic E-state index is 0.0291. The first-order chi connectivity index (χ1) is 8.00. The Kier molecular flexibility index (Phi) is 3.90. The van der Waals surface area contributed by atoms with E-state index in [-0.39, 0.29) is 16.4 Å². The van der Waals surface area contributed by atoms with E-state index in [0.29, 0.717) is 23.0 Å². The van der Waals surface area contributed by atoms with Crippen molar-refractivity contribution in [2.45, 2.75) is 24.3 Å². The third-order valence-electron chi connectivity index (χ3n) is 2.85. The predicted octanol–water partition coefficient (Wildman–Crippen LogP) is 2.38. The van der Waals surface area contributed by atoms with E-state index in [4.69, 9.17) is 11.6 Å². The highest BCUT2D eigenvalue weighted by Crippen LogP contribution is 2.25. The van der Waals surface area contributed by atoms with Gasteiger partial charge in [-0.15, -0.1) is 11.3 Å². The number of thiophene rings is 1. The second-order valence-corrected chi connectivity index (χ2v) is 7.85. The Bertz CT molecular complexity index is 446. The summed E-state index contributed by atoms with van der Waals surface area (Å²) in [5.41, 5.74) is 0. The molecule has 1 fully saturated rings. The van der Waals surface area contributed by atoms with Crippen LogP contribution in [0.15, 0.2) is 11.4 Å². The summed E-state index contributed by atoms with van der Waals surface area (Å²) in [6, 6.07) is 1.73. The first-order valence-electron chi connectivity index (χ1n) is 5.42. The van der Waals surface area contributed by atoms with Crippen LogP contribution in [-0.4, -0.2) is 38.6 Å². The number of hydrogen-bond donors (Lipinski definition) is 0. The largest absolute Gasteiger partial charge is 0.336 e. The Morgan fingerprint density at radius 3 is 2.53 bits per heavy atom. The topological polar surface area (TPSA) is 37.4 Å². The van der Waals surface area contributed by atoms with Crippen molar-refractivity contribution in [2.24, 2.45) is 0 Å². The van der Waals surface area contributed by atoms with Crippen LogP contribution in [0.2, 0.25) is 5.02 Å². The van der Waals surface area contributed by atoms with Crippen molar-refractivity contribution in [1.29, 1.82) is 0 Å². The van der Waals surface area contributed by atoms with Gasteiger partial charge in [-0.25, -0.2) is 0 Å². The molecule has 0 aliphatic carbocycles. The fraction of sp³-hybridized carbons (Fsp3) is 0.545. The maximum Gasteiger partial charge on any atom is 0.265 e. The molecular weight excluding hydrogens is 278 g/mol. The molecule has 1 aromatic rings. The summed E-state index contributed by atoms with van der Waals surface area (Å²) in [5.74, 6) is -0.0413. The number of nitrogens with zero attached hydrogens (tertiary/aromatic N) is 1. The fourth-order valence-electron chi connectivity index (χ4n) is 1.99. The molecule has 3 atom stereocenters. The first-order valence-corrected chi connectivity index (χ1v) is 7.95. The molecule has 1 amide bonds. The third kappa shape index (κ3) is 2.56. The van der Waals surface area contributed by atoms with Gasteiger partial charge in [0.25, 0.3) is 5.91 Å². The highest BCUT2D eigenvalue weighted by Gasteiger charge is 2.32. The van der Waals surface area contributed by atoms with Gasteiger partial charge >= 0.3 is 0 Å². The fourth-order valence-corrected chi connectivity index (χ4v) is 4.54. The highest BCUT2D eigenvalue weighted by molar-refractivity contribution is 7.86. The normalized spacial score (nSPS) is 29.4. The molecule has 0 spiro atoms. The lowest BCUT2D eigenvalue weighted by Crippen LogP contribution is -2.49. The summed E-state index contributed by atoms with van der Waals surface area (Å²) in [6.45, 7) is 4.93. The van der Waals surface area contributed by atoms with E-state index in [2.05, 4.69) is 0 Å². The van der Waals surface area contributed by atoms with Crippen molar-refractivity contribution in [2.75, 3.05) is 13.1 Å². The van der Waals surface area contributed by atoms with Crippen molar-refractivity contribution in [3.63, 3.8) is 0 Å². The van der Waals surface area contributed by atoms with Gasteiger partial charge in [-0.1, -0.05) is 11.6 Å². The maximum atomic E-state index is 12.2. The Hall–Kier alpha value is -0.390. The molecule has 3 nitrogen and oxygen atoms in total. The SMILES string of the molecule is C[C@@H]1CN(C(=O)c2sccc2Cl)C[C@H](C)S1=O. The lowest BCUT2D eigenvalue weighted by atomic mass is 10.3. The molecule has 0 saturated carbocycles. The van der Waals surface area contributed by atoms with Crippen LogP contribution in [0.25, 0.3) is 0 Å². The third-order valence-corrected chi connectivity index (χ3v) is 6.06. The molecule has 0 aromatic carbocycles. The molecule has 0 radical (unpaired) electrons. The summed E-state index contributed by atoms with van der Waals surface area (Å²) >= 11 is 7.31. The van der Waals surface area contributed by atoms with Crippen LogP contribution in [0.1, 0.15) is 23.5 Å². The molecule has 1 aliphatic rings. The number of carbonyl (C=O) groups excluding carboxylic acids is 1. The van der Waals surface area contributed by atoms with Crippen LogP contribution in [0.5, 0.6) is 0 Å². The summed E-state index contributed by atoms with van der Waals surface area (Å²) < 4.78 is 11.8. The van der Waals surface area contributed by atoms with Gasteiger partial charge in [-0.3, -0.25) is 9.00 Å². The molecule has 1 unspecified atom stereocenters. The Morgan fingerprint density at radius 1 is 1.47 bits per heavy atom. The van der Waals surface area contributed by atoms with Crippen molar-refractivity contribution in [1.82, 2.24) is 4.90 Å². The van der Waals surface area contributed by atoms with Crippen molar-refractivity contribution < 1.29 is 9.00 Å². The zero-order chi connectivity index (χ0) is 12.6. The zero-order valence-electron chi connectivity index (χ0n) is 9.68. The van der Waals surface area contributed by atoms with E-state index in [1.54, 1.807) is 11.0 Å². The van der Waals surface area contributed by atoms with Crippen molar-refractivity contribution >= 4 is 39.6 Å². The van der Waals surface area contributed by atoms with Gasteiger partial charge in [0, 0.05) is 34.4 Å². The van der Waals surface area contributed by atoms with E-state index in [1.165, 1.54) is 11.3 Å². The molecule has 1 aromatic heterocycles. The molecule has 94 valence electrons. The molecule has 17 heavy (non-hydrogen) atoms. The standard InChI is InChI=1S/C11H14ClNO2S2/c1-7-5-13(6-8(2)17(7)15)11(14)10-9(12)3-4-16-10/h3-4,7-8H,5-6H2,1-2H3/t7-,8+,17?. The summed E-state index contributed by atoms with van der Waals surface area (Å²) in [6.07, 6.45) is 0. The Labute approximate surface area is 112 Å². The minimum Gasteiger partial charge on any atom is -0.336 e. The number of rotatable bonds is 1. The van der Waals surface area contributed by atoms with Gasteiger partial charge in [-0.05, 0) is 25.3 Å². The molecule has 1 aliphatic heterocycles. The molecule has 0 N–H and O–H groups in total. The number of amides is 1. The van der Waals surface area contributed by atoms with Crippen molar-refractivity contribution in [3.8, 4) is 0 Å². The van der Waals surface area contributed by atoms with Gasteiger partial charge in [0.05, 0.1) is 5.02 Å². The van der Waals surface area contributed by atoms with Crippen LogP contribution in [0, 0.1) is 0 Å².